The van der Waals surface area contributed by atoms with Crippen LogP contribution in [0.4, 0.5) is 0 Å². The van der Waals surface area contributed by atoms with Gasteiger partial charge in [-0.05, 0) is 93.5 Å². The van der Waals surface area contributed by atoms with Gasteiger partial charge >= 0.3 is 0 Å². The van der Waals surface area contributed by atoms with E-state index < -0.39 is 97.5 Å². The van der Waals surface area contributed by atoms with Crippen molar-refractivity contribution in [1.29, 1.82) is 0 Å². The molecule has 34 heavy (non-hydrogen) atoms. The second-order valence-electron chi connectivity index (χ2n) is 8.34. The van der Waals surface area contributed by atoms with Crippen LogP contribution in [-0.2, 0) is 0 Å². The lowest BCUT2D eigenvalue weighted by Gasteiger charge is -2.56. The molecule has 4 unspecified atom stereocenters. The van der Waals surface area contributed by atoms with E-state index in [1.54, 1.807) is 12.1 Å². The summed E-state index contributed by atoms with van der Waals surface area (Å²) in [5.41, 5.74) is -1.80. The average Bonchev–Trinajstić information content (AvgIpc) is 3.13. The molecule has 0 aromatic heterocycles. The summed E-state index contributed by atoms with van der Waals surface area (Å²) in [6.07, 6.45) is -35.0. The molecule has 3 saturated carbocycles. The van der Waals surface area contributed by atoms with Gasteiger partial charge in [-0.15, -0.1) is 0 Å². The molecule has 172 valence electrons. The first-order chi connectivity index (χ1) is 25.2. The van der Waals surface area contributed by atoms with Gasteiger partial charge in [-0.3, -0.25) is 0 Å². The third kappa shape index (κ3) is 3.33. The van der Waals surface area contributed by atoms with Crippen LogP contribution in [0.1, 0.15) is 104 Å². The van der Waals surface area contributed by atoms with E-state index in [1.165, 1.54) is 54.6 Å². The van der Waals surface area contributed by atoms with Crippen molar-refractivity contribution < 1.29 is 30.2 Å². The number of benzene rings is 4. The molecule has 0 amide bonds. The largest absolute Gasteiger partial charge is 0.0616 e. The van der Waals surface area contributed by atoms with Crippen LogP contribution < -0.4 is 0 Å². The van der Waals surface area contributed by atoms with Crippen LogP contribution >= 0.6 is 0 Å². The van der Waals surface area contributed by atoms with Crippen molar-refractivity contribution in [2.45, 2.75) is 62.8 Å². The lowest BCUT2D eigenvalue weighted by Crippen LogP contribution is -2.46. The average molecular weight is 467 g/mol. The Morgan fingerprint density at radius 3 is 1.79 bits per heavy atom. The minimum Gasteiger partial charge on any atom is -0.0616 e. The SMILES string of the molecule is [2H]C1([2H])C([2H])([2H])C([2H])([2H])C2([2H])C([2H])(c3cccc4ccccc34)C3([2H])C([2H])([2H])C([2H])([2H])C([2H])([2H])C([2H])([2H])C3([2H])C([2H])(c3ccc4ccccc4c3)C2([2H])C1([2H])[2H]. The first-order valence-corrected chi connectivity index (χ1v) is 11.1. The zero-order chi connectivity index (χ0) is 42.4. The molecular formula is C34H36. The second kappa shape index (κ2) is 8.56. The van der Waals surface area contributed by atoms with Gasteiger partial charge in [0.25, 0.3) is 0 Å². The van der Waals surface area contributed by atoms with E-state index in [1.807, 2.05) is 0 Å². The molecule has 0 heterocycles. The summed E-state index contributed by atoms with van der Waals surface area (Å²) in [6.45, 7) is 0. The summed E-state index contributed by atoms with van der Waals surface area (Å²) in [4.78, 5) is 0. The van der Waals surface area contributed by atoms with E-state index in [4.69, 9.17) is 11.0 Å². The van der Waals surface area contributed by atoms with Gasteiger partial charge in [0.2, 0.25) is 0 Å². The molecule has 7 rings (SSSR count). The molecule has 0 radical (unpaired) electrons. The Labute approximate surface area is 235 Å². The van der Waals surface area contributed by atoms with Crippen LogP contribution in [0, 0.1) is 23.6 Å². The van der Waals surface area contributed by atoms with Crippen LogP contribution in [0.5, 0.6) is 0 Å². The molecule has 4 aromatic carbocycles. The molecule has 0 spiro atoms. The molecule has 4 atom stereocenters. The number of hydrogen-bond acceptors (Lipinski definition) is 0. The van der Waals surface area contributed by atoms with Crippen molar-refractivity contribution in [3.63, 3.8) is 0 Å². The highest BCUT2D eigenvalue weighted by molar-refractivity contribution is 5.86. The lowest BCUT2D eigenvalue weighted by molar-refractivity contribution is 0.00360. The predicted octanol–water partition coefficient (Wildman–Crippen LogP) is 9.49. The molecule has 0 aliphatic heterocycles. The normalized spacial score (nSPS) is 65.5. The number of fused-ring (bicyclic) bond motifs is 4. The summed E-state index contributed by atoms with van der Waals surface area (Å²) in [7, 11) is 0. The lowest BCUT2D eigenvalue weighted by atomic mass is 9.48. The minimum absolute atomic E-state index is 0.127. The standard InChI is InChI=1S/C34H36/c1-2-12-25-22-26(21-20-23(25)10-1)33-29-15-5-7-17-31(29)34(32-18-8-6-16-30(32)33)28-19-9-13-24-11-3-4-14-27(24)28/h1-4,9-14,19-22,29-34H,5-8,15-18H2/i5D2,6D2,7D2,8D2,15D2,16D2,17D2,18D2,29D,30D,31D,32D,33D,34D. The molecule has 0 saturated heterocycles. The maximum absolute atomic E-state index is 10.6. The van der Waals surface area contributed by atoms with E-state index in [-0.39, 0.29) is 16.2 Å². The van der Waals surface area contributed by atoms with Crippen LogP contribution in [0.25, 0.3) is 21.5 Å². The van der Waals surface area contributed by atoms with Gasteiger partial charge in [0, 0.05) is 30.2 Å². The van der Waals surface area contributed by atoms with Crippen molar-refractivity contribution in [2.75, 3.05) is 0 Å². The van der Waals surface area contributed by atoms with Crippen molar-refractivity contribution >= 4 is 21.5 Å². The maximum Gasteiger partial charge on any atom is 0.0358 e. The van der Waals surface area contributed by atoms with Crippen molar-refractivity contribution in [3.05, 3.63) is 96.1 Å². The smallest absolute Gasteiger partial charge is 0.0358 e. The van der Waals surface area contributed by atoms with Crippen LogP contribution in [0.3, 0.4) is 0 Å². The van der Waals surface area contributed by atoms with Crippen molar-refractivity contribution in [3.8, 4) is 0 Å². The zero-order valence-electron chi connectivity index (χ0n) is 40.1. The Hall–Kier alpha value is -2.60. The van der Waals surface area contributed by atoms with E-state index in [2.05, 4.69) is 0 Å². The summed E-state index contributed by atoms with van der Waals surface area (Å²) in [5, 5.41) is 0.396. The third-order valence-corrected chi connectivity index (χ3v) is 6.47. The molecule has 0 bridgehead atoms. The fourth-order valence-electron chi connectivity index (χ4n) is 4.97. The first kappa shape index (κ1) is 8.22. The van der Waals surface area contributed by atoms with E-state index >= 15 is 0 Å². The van der Waals surface area contributed by atoms with E-state index in [0.29, 0.717) is 5.39 Å². The van der Waals surface area contributed by atoms with Crippen molar-refractivity contribution in [1.82, 2.24) is 0 Å². The molecular weight excluding hydrogens is 408 g/mol. The summed E-state index contributed by atoms with van der Waals surface area (Å²) in [6, 6.07) is 18.2. The summed E-state index contributed by atoms with van der Waals surface area (Å²) in [5.74, 6) is -26.7. The topological polar surface area (TPSA) is 0 Å². The Morgan fingerprint density at radius 1 is 0.529 bits per heavy atom. The first-order valence-electron chi connectivity index (χ1n) is 22.1. The molecule has 3 fully saturated rings. The fourth-order valence-corrected chi connectivity index (χ4v) is 4.97. The number of hydrogen-bond donors (Lipinski definition) is 0. The Morgan fingerprint density at radius 2 is 1.09 bits per heavy atom. The second-order valence-corrected chi connectivity index (χ2v) is 8.34. The zero-order valence-corrected chi connectivity index (χ0v) is 18.1. The molecule has 0 nitrogen and oxygen atoms in total. The molecule has 0 heteroatoms. The van der Waals surface area contributed by atoms with Crippen LogP contribution in [0.15, 0.2) is 84.9 Å². The van der Waals surface area contributed by atoms with Gasteiger partial charge in [0.1, 0.15) is 0 Å². The predicted molar refractivity (Wildman–Crippen MR) is 144 cm³/mol. The van der Waals surface area contributed by atoms with Gasteiger partial charge in [0.05, 0.1) is 0 Å². The fraction of sp³-hybridized carbons (Fsp3) is 0.412. The van der Waals surface area contributed by atoms with Gasteiger partial charge in [-0.25, -0.2) is 0 Å². The highest BCUT2D eigenvalue weighted by atomic mass is 14.6. The summed E-state index contributed by atoms with van der Waals surface area (Å²) < 4.78 is 210. The quantitative estimate of drug-likeness (QED) is 0.276. The number of rotatable bonds is 2. The monoisotopic (exact) mass is 466 g/mol. The maximum atomic E-state index is 10.6. The Balaban J connectivity index is 1.89. The van der Waals surface area contributed by atoms with Gasteiger partial charge in [-0.2, -0.15) is 0 Å². The van der Waals surface area contributed by atoms with E-state index in [9.17, 15) is 19.2 Å². The van der Waals surface area contributed by atoms with Crippen LogP contribution in [0.2, 0.25) is 0 Å². The third-order valence-electron chi connectivity index (χ3n) is 6.47. The highest BCUT2D eigenvalue weighted by Gasteiger charge is 2.52. The van der Waals surface area contributed by atoms with Crippen LogP contribution in [-0.4, -0.2) is 0 Å². The Kier molecular flexibility index (Phi) is 2.07. The molecule has 4 aromatic rings. The molecule has 3 aliphatic rings. The van der Waals surface area contributed by atoms with Gasteiger partial charge in [-0.1, -0.05) is 110 Å². The highest BCUT2D eigenvalue weighted by Crippen LogP contribution is 2.62. The molecule has 3 aliphatic carbocycles. The van der Waals surface area contributed by atoms with Crippen molar-refractivity contribution in [2.24, 2.45) is 23.6 Å². The summed E-state index contributed by atoms with van der Waals surface area (Å²) >= 11 is 0. The molecule has 0 N–H and O–H groups in total. The van der Waals surface area contributed by atoms with Gasteiger partial charge < -0.3 is 0 Å². The van der Waals surface area contributed by atoms with Gasteiger partial charge in [0.15, 0.2) is 0 Å². The van der Waals surface area contributed by atoms with E-state index in [0.717, 1.165) is 18.2 Å². The minimum atomic E-state index is -4.53. The Bertz CT molecular complexity index is 2240.